The number of carboxylic acids is 1. The van der Waals surface area contributed by atoms with Crippen molar-refractivity contribution in [1.29, 1.82) is 0 Å². The monoisotopic (exact) mass is 440 g/mol. The molecule has 150 valence electrons. The van der Waals surface area contributed by atoms with Crippen molar-refractivity contribution >= 4 is 52.6 Å². The van der Waals surface area contributed by atoms with E-state index in [9.17, 15) is 14.7 Å². The number of hydrogen-bond acceptors (Lipinski definition) is 4. The standard InChI is InChI=1S/C22H14Cl2N2O4/c1-12-17(11-16-6-8-20(30-16)13-3-2-4-14(23)9-13)21(27)26(25-12)15-5-7-19(24)18(10-15)22(28)29/h2-11H,1H3,(H,28,29). The highest BCUT2D eigenvalue weighted by atomic mass is 35.5. The van der Waals surface area contributed by atoms with E-state index >= 15 is 0 Å². The van der Waals surface area contributed by atoms with Crippen LogP contribution in [-0.4, -0.2) is 22.7 Å². The molecule has 0 saturated heterocycles. The number of carboxylic acid groups (broad SMARTS) is 1. The Morgan fingerprint density at radius 3 is 2.67 bits per heavy atom. The molecule has 1 aliphatic heterocycles. The van der Waals surface area contributed by atoms with Crippen LogP contribution in [0.1, 0.15) is 23.0 Å². The van der Waals surface area contributed by atoms with E-state index in [0.717, 1.165) is 10.6 Å². The third-order valence-electron chi connectivity index (χ3n) is 4.51. The fourth-order valence-electron chi connectivity index (χ4n) is 3.04. The van der Waals surface area contributed by atoms with Gasteiger partial charge in [0.05, 0.1) is 27.6 Å². The Kier molecular flexibility index (Phi) is 5.20. The molecular weight excluding hydrogens is 427 g/mol. The number of nitrogens with zero attached hydrogens (tertiary/aromatic N) is 2. The predicted octanol–water partition coefficient (Wildman–Crippen LogP) is 5.76. The van der Waals surface area contributed by atoms with Gasteiger partial charge in [-0.1, -0.05) is 35.3 Å². The van der Waals surface area contributed by atoms with Crippen LogP contribution in [0.2, 0.25) is 10.0 Å². The van der Waals surface area contributed by atoms with Gasteiger partial charge in [-0.25, -0.2) is 4.79 Å². The van der Waals surface area contributed by atoms with Gasteiger partial charge in [-0.2, -0.15) is 10.1 Å². The first-order valence-corrected chi connectivity index (χ1v) is 9.59. The number of aromatic carboxylic acids is 1. The van der Waals surface area contributed by atoms with Crippen LogP contribution >= 0.6 is 23.2 Å². The average Bonchev–Trinajstić information content (AvgIpc) is 3.29. The predicted molar refractivity (Wildman–Crippen MR) is 116 cm³/mol. The topological polar surface area (TPSA) is 83.1 Å². The normalized spacial score (nSPS) is 15.0. The summed E-state index contributed by atoms with van der Waals surface area (Å²) in [6, 6.07) is 15.1. The number of amides is 1. The smallest absolute Gasteiger partial charge is 0.337 e. The van der Waals surface area contributed by atoms with Crippen molar-refractivity contribution < 1.29 is 19.1 Å². The lowest BCUT2D eigenvalue weighted by atomic mass is 10.1. The lowest BCUT2D eigenvalue weighted by Crippen LogP contribution is -2.21. The number of rotatable bonds is 4. The Labute approximate surface area is 181 Å². The van der Waals surface area contributed by atoms with E-state index in [1.807, 2.05) is 12.1 Å². The molecule has 1 aromatic heterocycles. The van der Waals surface area contributed by atoms with Gasteiger partial charge in [0.25, 0.3) is 5.91 Å². The van der Waals surface area contributed by atoms with Crippen LogP contribution < -0.4 is 5.01 Å². The zero-order valence-corrected chi connectivity index (χ0v) is 17.1. The number of hydrazone groups is 1. The van der Waals surface area contributed by atoms with Crippen LogP contribution in [-0.2, 0) is 4.79 Å². The molecule has 6 nitrogen and oxygen atoms in total. The Morgan fingerprint density at radius 1 is 1.13 bits per heavy atom. The summed E-state index contributed by atoms with van der Waals surface area (Å²) in [5, 5.41) is 15.3. The second-order valence-corrected chi connectivity index (χ2v) is 7.39. The van der Waals surface area contributed by atoms with Gasteiger partial charge >= 0.3 is 5.97 Å². The number of carbonyl (C=O) groups is 2. The molecule has 0 saturated carbocycles. The quantitative estimate of drug-likeness (QED) is 0.522. The third-order valence-corrected chi connectivity index (χ3v) is 5.07. The van der Waals surface area contributed by atoms with Gasteiger partial charge in [-0.15, -0.1) is 0 Å². The van der Waals surface area contributed by atoms with E-state index in [-0.39, 0.29) is 10.6 Å². The van der Waals surface area contributed by atoms with Gasteiger partial charge in [-0.05, 0) is 55.5 Å². The minimum atomic E-state index is -1.19. The van der Waals surface area contributed by atoms with Crippen molar-refractivity contribution in [2.45, 2.75) is 6.92 Å². The van der Waals surface area contributed by atoms with E-state index in [1.165, 1.54) is 18.2 Å². The molecule has 1 aliphatic rings. The summed E-state index contributed by atoms with van der Waals surface area (Å²) in [6.45, 7) is 1.69. The summed E-state index contributed by atoms with van der Waals surface area (Å²) in [6.07, 6.45) is 1.60. The summed E-state index contributed by atoms with van der Waals surface area (Å²) in [7, 11) is 0. The number of anilines is 1. The van der Waals surface area contributed by atoms with Gasteiger partial charge < -0.3 is 9.52 Å². The zero-order chi connectivity index (χ0) is 21.4. The maximum Gasteiger partial charge on any atom is 0.337 e. The van der Waals surface area contributed by atoms with E-state index in [4.69, 9.17) is 27.6 Å². The molecule has 30 heavy (non-hydrogen) atoms. The molecule has 0 aliphatic carbocycles. The summed E-state index contributed by atoms with van der Waals surface area (Å²) < 4.78 is 5.83. The fourth-order valence-corrected chi connectivity index (χ4v) is 3.43. The maximum absolute atomic E-state index is 12.9. The lowest BCUT2D eigenvalue weighted by Gasteiger charge is -2.12. The highest BCUT2D eigenvalue weighted by molar-refractivity contribution is 6.34. The minimum absolute atomic E-state index is 0.0819. The molecular formula is C22H14Cl2N2O4. The number of furan rings is 1. The van der Waals surface area contributed by atoms with Crippen molar-refractivity contribution in [3.8, 4) is 11.3 Å². The molecule has 0 atom stereocenters. The molecule has 1 amide bonds. The maximum atomic E-state index is 12.9. The second kappa shape index (κ2) is 7.82. The van der Waals surface area contributed by atoms with E-state index in [2.05, 4.69) is 5.10 Å². The van der Waals surface area contributed by atoms with Crippen LogP contribution in [0.25, 0.3) is 17.4 Å². The SMILES string of the molecule is CC1=NN(c2ccc(Cl)c(C(=O)O)c2)C(=O)C1=Cc1ccc(-c2cccc(Cl)c2)o1. The fraction of sp³-hybridized carbons (Fsp3) is 0.0455. The summed E-state index contributed by atoms with van der Waals surface area (Å²) in [5.41, 5.74) is 1.84. The number of hydrogen-bond donors (Lipinski definition) is 1. The summed E-state index contributed by atoms with van der Waals surface area (Å²) in [5.74, 6) is -0.488. The summed E-state index contributed by atoms with van der Waals surface area (Å²) >= 11 is 11.9. The molecule has 8 heteroatoms. The van der Waals surface area contributed by atoms with Gasteiger partial charge in [0.15, 0.2) is 0 Å². The van der Waals surface area contributed by atoms with Crippen LogP contribution in [0.5, 0.6) is 0 Å². The zero-order valence-electron chi connectivity index (χ0n) is 15.6. The van der Waals surface area contributed by atoms with E-state index in [1.54, 1.807) is 37.3 Å². The van der Waals surface area contributed by atoms with Crippen molar-refractivity contribution in [1.82, 2.24) is 0 Å². The van der Waals surface area contributed by atoms with Crippen molar-refractivity contribution in [2.75, 3.05) is 5.01 Å². The Hall–Kier alpha value is -3.35. The Morgan fingerprint density at radius 2 is 1.93 bits per heavy atom. The lowest BCUT2D eigenvalue weighted by molar-refractivity contribution is -0.114. The second-order valence-electron chi connectivity index (χ2n) is 6.54. The van der Waals surface area contributed by atoms with Gasteiger partial charge in [-0.3, -0.25) is 4.79 Å². The summed E-state index contributed by atoms with van der Waals surface area (Å²) in [4.78, 5) is 24.2. The van der Waals surface area contributed by atoms with Gasteiger partial charge in [0.2, 0.25) is 0 Å². The van der Waals surface area contributed by atoms with Gasteiger partial charge in [0.1, 0.15) is 11.5 Å². The van der Waals surface area contributed by atoms with Crippen LogP contribution in [0.15, 0.2) is 69.7 Å². The highest BCUT2D eigenvalue weighted by Gasteiger charge is 2.30. The first kappa shape index (κ1) is 19.9. The van der Waals surface area contributed by atoms with Gasteiger partial charge in [0, 0.05) is 10.6 Å². The molecule has 0 bridgehead atoms. The first-order chi connectivity index (χ1) is 14.3. The Bertz CT molecular complexity index is 1240. The molecule has 0 spiro atoms. The van der Waals surface area contributed by atoms with Crippen molar-refractivity contribution in [3.63, 3.8) is 0 Å². The molecule has 3 aromatic rings. The molecule has 2 heterocycles. The number of carbonyl (C=O) groups excluding carboxylic acids is 1. The molecule has 0 fully saturated rings. The van der Waals surface area contributed by atoms with Crippen LogP contribution in [0.4, 0.5) is 5.69 Å². The number of halogens is 2. The molecule has 2 aromatic carbocycles. The van der Waals surface area contributed by atoms with E-state index in [0.29, 0.717) is 33.5 Å². The van der Waals surface area contributed by atoms with E-state index < -0.39 is 11.9 Å². The number of benzene rings is 2. The third kappa shape index (κ3) is 3.75. The highest BCUT2D eigenvalue weighted by Crippen LogP contribution is 2.30. The van der Waals surface area contributed by atoms with Crippen LogP contribution in [0.3, 0.4) is 0 Å². The Balaban J connectivity index is 1.64. The van der Waals surface area contributed by atoms with Crippen LogP contribution in [0, 0.1) is 0 Å². The van der Waals surface area contributed by atoms with Crippen molar-refractivity contribution in [2.24, 2.45) is 5.10 Å². The molecule has 0 radical (unpaired) electrons. The minimum Gasteiger partial charge on any atom is -0.478 e. The average molecular weight is 441 g/mol. The first-order valence-electron chi connectivity index (χ1n) is 8.84. The molecule has 0 unspecified atom stereocenters. The molecule has 4 rings (SSSR count). The van der Waals surface area contributed by atoms with Crippen molar-refractivity contribution in [3.05, 3.63) is 81.5 Å². The largest absolute Gasteiger partial charge is 0.478 e. The molecule has 1 N–H and O–H groups in total.